The van der Waals surface area contributed by atoms with Crippen molar-refractivity contribution in [3.05, 3.63) is 29.5 Å². The van der Waals surface area contributed by atoms with Crippen LogP contribution < -0.4 is 14.8 Å². The number of ether oxygens (including phenoxy) is 4. The van der Waals surface area contributed by atoms with Crippen LogP contribution in [0.5, 0.6) is 11.5 Å². The summed E-state index contributed by atoms with van der Waals surface area (Å²) in [6.07, 6.45) is 3.75. The molecule has 0 unspecified atom stereocenters. The van der Waals surface area contributed by atoms with Crippen molar-refractivity contribution >= 4 is 11.7 Å². The molecule has 0 amide bonds. The number of rotatable bonds is 3. The van der Waals surface area contributed by atoms with Gasteiger partial charge in [-0.25, -0.2) is 4.79 Å². The van der Waals surface area contributed by atoms with Gasteiger partial charge >= 0.3 is 5.97 Å². The second kappa shape index (κ2) is 7.08. The number of anilines is 1. The fraction of sp³-hybridized carbons (Fsp3) is 0.609. The Labute approximate surface area is 177 Å². The first kappa shape index (κ1) is 19.5. The lowest BCUT2D eigenvalue weighted by Gasteiger charge is -2.48. The molecule has 0 saturated carbocycles. The van der Waals surface area contributed by atoms with Crippen molar-refractivity contribution < 1.29 is 23.7 Å². The summed E-state index contributed by atoms with van der Waals surface area (Å²) >= 11 is 0. The Morgan fingerprint density at radius 2 is 2.00 bits per heavy atom. The smallest absolute Gasteiger partial charge is 0.337 e. The standard InChI is InChI=1S/C23H30N2O5/c1-13-15-10-25-6-5-23(21(25)7-14(15)16(11-30-13)22(26)29-4)12-24-18-9-20(28-3)19(27-2)8-17(18)23/h8-9,11,13-15,21,24H,5-7,10,12H2,1-4H3/t13-,14-,15-,21-,23-/m0/s1. The first-order chi connectivity index (χ1) is 14.5. The number of piperidine rings is 1. The predicted molar refractivity (Wildman–Crippen MR) is 112 cm³/mol. The van der Waals surface area contributed by atoms with E-state index in [2.05, 4.69) is 23.2 Å². The van der Waals surface area contributed by atoms with Gasteiger partial charge < -0.3 is 24.3 Å². The molecule has 5 atom stereocenters. The molecule has 0 aliphatic carbocycles. The van der Waals surface area contributed by atoms with Gasteiger partial charge in [-0.3, -0.25) is 4.90 Å². The molecule has 2 saturated heterocycles. The van der Waals surface area contributed by atoms with Crippen LogP contribution in [0.4, 0.5) is 5.69 Å². The molecule has 0 bridgehead atoms. The van der Waals surface area contributed by atoms with E-state index in [1.54, 1.807) is 20.5 Å². The van der Waals surface area contributed by atoms with Crippen LogP contribution in [-0.2, 0) is 19.7 Å². The molecular weight excluding hydrogens is 384 g/mol. The maximum absolute atomic E-state index is 12.5. The van der Waals surface area contributed by atoms with Gasteiger partial charge in [-0.05, 0) is 37.9 Å². The largest absolute Gasteiger partial charge is 0.497 e. The topological polar surface area (TPSA) is 69.3 Å². The molecule has 1 aromatic rings. The van der Waals surface area contributed by atoms with Crippen molar-refractivity contribution in [2.45, 2.75) is 37.3 Å². The van der Waals surface area contributed by atoms with E-state index in [9.17, 15) is 4.79 Å². The lowest BCUT2D eigenvalue weighted by Crippen LogP contribution is -2.55. The van der Waals surface area contributed by atoms with Gasteiger partial charge in [-0.1, -0.05) is 0 Å². The van der Waals surface area contributed by atoms with Crippen molar-refractivity contribution in [2.24, 2.45) is 11.8 Å². The average molecular weight is 415 g/mol. The quantitative estimate of drug-likeness (QED) is 0.763. The second-order valence-corrected chi connectivity index (χ2v) is 8.94. The van der Waals surface area contributed by atoms with Gasteiger partial charge in [0.15, 0.2) is 11.5 Å². The highest BCUT2D eigenvalue weighted by Crippen LogP contribution is 2.55. The molecular formula is C23H30N2O5. The van der Waals surface area contributed by atoms with E-state index in [0.717, 1.165) is 49.7 Å². The third-order valence-corrected chi connectivity index (χ3v) is 7.85. The van der Waals surface area contributed by atoms with Crippen molar-refractivity contribution in [2.75, 3.05) is 46.3 Å². The first-order valence-corrected chi connectivity index (χ1v) is 10.7. The minimum atomic E-state index is -0.270. The zero-order chi connectivity index (χ0) is 21.0. The summed E-state index contributed by atoms with van der Waals surface area (Å²) in [7, 11) is 4.79. The third kappa shape index (κ3) is 2.64. The molecule has 0 aromatic heterocycles. The minimum Gasteiger partial charge on any atom is -0.497 e. The molecule has 30 heavy (non-hydrogen) atoms. The average Bonchev–Trinajstić information content (AvgIpc) is 3.32. The maximum atomic E-state index is 12.5. The number of esters is 1. The molecule has 0 radical (unpaired) electrons. The summed E-state index contributed by atoms with van der Waals surface area (Å²) in [5, 5.41) is 3.62. The van der Waals surface area contributed by atoms with Gasteiger partial charge in [-0.15, -0.1) is 0 Å². The van der Waals surface area contributed by atoms with Gasteiger partial charge in [0.05, 0.1) is 39.3 Å². The van der Waals surface area contributed by atoms with E-state index in [1.165, 1.54) is 12.7 Å². The fourth-order valence-electron chi connectivity index (χ4n) is 6.25. The van der Waals surface area contributed by atoms with Crippen LogP contribution in [0.2, 0.25) is 0 Å². The van der Waals surface area contributed by atoms with Gasteiger partial charge in [0, 0.05) is 48.1 Å². The van der Waals surface area contributed by atoms with Crippen LogP contribution in [0.25, 0.3) is 0 Å². The van der Waals surface area contributed by atoms with Crippen molar-refractivity contribution in [1.82, 2.24) is 4.90 Å². The van der Waals surface area contributed by atoms with E-state index in [4.69, 9.17) is 18.9 Å². The zero-order valence-electron chi connectivity index (χ0n) is 18.1. The summed E-state index contributed by atoms with van der Waals surface area (Å²) < 4.78 is 22.0. The van der Waals surface area contributed by atoms with Gasteiger partial charge in [0.1, 0.15) is 0 Å². The fourth-order valence-corrected chi connectivity index (χ4v) is 6.25. The molecule has 1 spiro atoms. The minimum absolute atomic E-state index is 0.00261. The number of hydrogen-bond donors (Lipinski definition) is 1. The number of methoxy groups -OCH3 is 3. The SMILES string of the molecule is COC(=O)C1=CO[C@@H](C)[C@@H]2CN3CC[C@@]4(CNc5cc(OC)c(OC)cc54)[C@@H]3C[C@H]12. The monoisotopic (exact) mass is 414 g/mol. The molecule has 1 aromatic carbocycles. The molecule has 2 fully saturated rings. The summed E-state index contributed by atoms with van der Waals surface area (Å²) in [6.45, 7) is 4.99. The second-order valence-electron chi connectivity index (χ2n) is 8.94. The van der Waals surface area contributed by atoms with Crippen LogP contribution in [0.3, 0.4) is 0 Å². The maximum Gasteiger partial charge on any atom is 0.337 e. The van der Waals surface area contributed by atoms with Crippen molar-refractivity contribution in [3.8, 4) is 11.5 Å². The first-order valence-electron chi connectivity index (χ1n) is 10.7. The Hall–Kier alpha value is -2.41. The zero-order valence-corrected chi connectivity index (χ0v) is 18.1. The molecule has 7 heteroatoms. The molecule has 4 aliphatic rings. The number of nitrogens with zero attached hydrogens (tertiary/aromatic N) is 1. The number of nitrogens with one attached hydrogen (secondary N) is 1. The van der Waals surface area contributed by atoms with Crippen LogP contribution >= 0.6 is 0 Å². The lowest BCUT2D eigenvalue weighted by atomic mass is 9.67. The third-order valence-electron chi connectivity index (χ3n) is 7.85. The van der Waals surface area contributed by atoms with Crippen LogP contribution in [0.15, 0.2) is 24.0 Å². The van der Waals surface area contributed by atoms with E-state index >= 15 is 0 Å². The molecule has 162 valence electrons. The van der Waals surface area contributed by atoms with Gasteiger partial charge in [0.2, 0.25) is 0 Å². The Morgan fingerprint density at radius 1 is 1.23 bits per heavy atom. The predicted octanol–water partition coefficient (Wildman–Crippen LogP) is 2.55. The van der Waals surface area contributed by atoms with E-state index in [1.807, 2.05) is 6.07 Å². The highest BCUT2D eigenvalue weighted by molar-refractivity contribution is 5.89. The molecule has 7 nitrogen and oxygen atoms in total. The Morgan fingerprint density at radius 3 is 2.73 bits per heavy atom. The highest BCUT2D eigenvalue weighted by atomic mass is 16.5. The van der Waals surface area contributed by atoms with E-state index in [-0.39, 0.29) is 23.4 Å². The van der Waals surface area contributed by atoms with Crippen LogP contribution in [0, 0.1) is 11.8 Å². The van der Waals surface area contributed by atoms with E-state index in [0.29, 0.717) is 17.5 Å². The normalized spacial score (nSPS) is 34.2. The Balaban J connectivity index is 1.52. The summed E-state index contributed by atoms with van der Waals surface area (Å²) in [5.74, 6) is 1.69. The number of hydrogen-bond acceptors (Lipinski definition) is 7. The number of benzene rings is 1. The van der Waals surface area contributed by atoms with E-state index < -0.39 is 0 Å². The van der Waals surface area contributed by atoms with Gasteiger partial charge in [-0.2, -0.15) is 0 Å². The summed E-state index contributed by atoms with van der Waals surface area (Å²) in [4.78, 5) is 15.1. The number of carbonyl (C=O) groups is 1. The van der Waals surface area contributed by atoms with Crippen molar-refractivity contribution in [3.63, 3.8) is 0 Å². The molecule has 4 aliphatic heterocycles. The van der Waals surface area contributed by atoms with Gasteiger partial charge in [0.25, 0.3) is 0 Å². The summed E-state index contributed by atoms with van der Waals surface area (Å²) in [5.41, 5.74) is 3.11. The Bertz CT molecular complexity index is 900. The molecule has 4 heterocycles. The highest BCUT2D eigenvalue weighted by Gasteiger charge is 2.57. The lowest BCUT2D eigenvalue weighted by molar-refractivity contribution is -0.139. The number of fused-ring (bicyclic) bond motifs is 5. The van der Waals surface area contributed by atoms with Crippen LogP contribution in [-0.4, -0.2) is 64.0 Å². The molecule has 5 rings (SSSR count). The van der Waals surface area contributed by atoms with Crippen LogP contribution in [0.1, 0.15) is 25.3 Å². The van der Waals surface area contributed by atoms with Crippen molar-refractivity contribution in [1.29, 1.82) is 0 Å². The molecule has 1 N–H and O–H groups in total. The Kier molecular flexibility index (Phi) is 4.61. The number of carbonyl (C=O) groups excluding carboxylic acids is 1. The summed E-state index contributed by atoms with van der Waals surface area (Å²) in [6, 6.07) is 4.55.